The fourth-order valence-corrected chi connectivity index (χ4v) is 3.18. The fourth-order valence-electron chi connectivity index (χ4n) is 3.18. The molecule has 1 aromatic carbocycles. The van der Waals surface area contributed by atoms with Gasteiger partial charge in [0.25, 0.3) is 0 Å². The molecule has 1 aliphatic rings. The number of ether oxygens (including phenoxy) is 1. The van der Waals surface area contributed by atoms with E-state index in [2.05, 4.69) is 0 Å². The number of Topliss-reactive ketones (excluding diaryl/α,β-unsaturated/α-hetero) is 1. The van der Waals surface area contributed by atoms with Gasteiger partial charge in [-0.1, -0.05) is 44.2 Å². The fraction of sp³-hybridized carbons (Fsp3) is 0.579. The molecule has 5 heteroatoms. The zero-order chi connectivity index (χ0) is 17.8. The van der Waals surface area contributed by atoms with Gasteiger partial charge in [-0.2, -0.15) is 0 Å². The maximum absolute atomic E-state index is 13.8. The minimum Gasteiger partial charge on any atom is -0.465 e. The van der Waals surface area contributed by atoms with Crippen molar-refractivity contribution >= 4 is 11.8 Å². The van der Waals surface area contributed by atoms with Crippen LogP contribution in [0.25, 0.3) is 0 Å². The molecule has 3 nitrogen and oxygen atoms in total. The normalized spacial score (nSPS) is 22.5. The van der Waals surface area contributed by atoms with Gasteiger partial charge in [-0.15, -0.1) is 0 Å². The number of hydrogen-bond donors (Lipinski definition) is 0. The molecule has 1 aromatic rings. The van der Waals surface area contributed by atoms with Crippen molar-refractivity contribution < 1.29 is 23.1 Å². The van der Waals surface area contributed by atoms with Crippen molar-refractivity contribution in [2.24, 2.45) is 11.3 Å². The highest BCUT2D eigenvalue weighted by Gasteiger charge is 2.53. The smallest absolute Gasteiger partial charge is 0.305 e. The molecule has 0 heterocycles. The molecule has 132 valence electrons. The summed E-state index contributed by atoms with van der Waals surface area (Å²) in [5, 5.41) is 0. The molecule has 1 aliphatic carbocycles. The topological polar surface area (TPSA) is 43.4 Å². The molecule has 0 radical (unpaired) electrons. The van der Waals surface area contributed by atoms with Gasteiger partial charge < -0.3 is 4.74 Å². The first kappa shape index (κ1) is 18.6. The van der Waals surface area contributed by atoms with Crippen molar-refractivity contribution in [1.82, 2.24) is 0 Å². The summed E-state index contributed by atoms with van der Waals surface area (Å²) in [5.74, 6) is -3.37. The number of ketones is 1. The molecule has 0 spiro atoms. The van der Waals surface area contributed by atoms with Gasteiger partial charge in [0.15, 0.2) is 5.78 Å². The third-order valence-electron chi connectivity index (χ3n) is 4.47. The molecular weight excluding hydrogens is 314 g/mol. The molecule has 1 saturated carbocycles. The van der Waals surface area contributed by atoms with Crippen molar-refractivity contribution in [3.8, 4) is 0 Å². The largest absolute Gasteiger partial charge is 0.465 e. The van der Waals surface area contributed by atoms with E-state index in [-0.39, 0.29) is 37.4 Å². The van der Waals surface area contributed by atoms with Crippen molar-refractivity contribution in [3.63, 3.8) is 0 Å². The Bertz CT molecular complexity index is 584. The molecule has 0 saturated heterocycles. The third kappa shape index (κ3) is 4.62. The maximum atomic E-state index is 13.8. The first-order valence-corrected chi connectivity index (χ1v) is 8.37. The van der Waals surface area contributed by atoms with Gasteiger partial charge >= 0.3 is 5.97 Å². The lowest BCUT2D eigenvalue weighted by molar-refractivity contribution is -0.145. The SMILES string of the molecule is CC(C)COC(=O)CCC1(C(=O)c2ccccc2)CCC(F)(F)C1. The van der Waals surface area contributed by atoms with Crippen LogP contribution in [0, 0.1) is 11.3 Å². The Hall–Kier alpha value is -1.78. The number of halogens is 2. The highest BCUT2D eigenvalue weighted by Crippen LogP contribution is 2.51. The van der Waals surface area contributed by atoms with Crippen LogP contribution in [-0.4, -0.2) is 24.3 Å². The highest BCUT2D eigenvalue weighted by atomic mass is 19.3. The van der Waals surface area contributed by atoms with Crippen LogP contribution in [0.5, 0.6) is 0 Å². The Kier molecular flexibility index (Phi) is 5.73. The van der Waals surface area contributed by atoms with Gasteiger partial charge in [-0.05, 0) is 18.8 Å². The Morgan fingerprint density at radius 1 is 1.17 bits per heavy atom. The van der Waals surface area contributed by atoms with E-state index < -0.39 is 23.7 Å². The summed E-state index contributed by atoms with van der Waals surface area (Å²) in [4.78, 5) is 24.7. The summed E-state index contributed by atoms with van der Waals surface area (Å²) in [6, 6.07) is 8.47. The van der Waals surface area contributed by atoms with Crippen LogP contribution in [0.2, 0.25) is 0 Å². The van der Waals surface area contributed by atoms with Gasteiger partial charge in [0.05, 0.1) is 6.61 Å². The molecule has 0 aliphatic heterocycles. The van der Waals surface area contributed by atoms with E-state index >= 15 is 0 Å². The predicted octanol–water partition coefficient (Wildman–Crippen LogP) is 4.65. The maximum Gasteiger partial charge on any atom is 0.305 e. The van der Waals surface area contributed by atoms with Crippen molar-refractivity contribution in [2.45, 2.75) is 51.9 Å². The molecule has 1 atom stereocenters. The zero-order valence-electron chi connectivity index (χ0n) is 14.2. The number of hydrogen-bond acceptors (Lipinski definition) is 3. The number of esters is 1. The summed E-state index contributed by atoms with van der Waals surface area (Å²) >= 11 is 0. The Balaban J connectivity index is 2.11. The number of carbonyl (C=O) groups excluding carboxylic acids is 2. The standard InChI is InChI=1S/C19H24F2O3/c1-14(2)12-24-16(22)8-9-18(10-11-19(20,21)13-18)17(23)15-6-4-3-5-7-15/h3-7,14H,8-13H2,1-2H3. The van der Waals surface area contributed by atoms with Crippen LogP contribution in [0.3, 0.4) is 0 Å². The molecule has 0 N–H and O–H groups in total. The van der Waals surface area contributed by atoms with E-state index in [1.54, 1.807) is 30.3 Å². The molecule has 0 aromatic heterocycles. The van der Waals surface area contributed by atoms with Crippen molar-refractivity contribution in [2.75, 3.05) is 6.61 Å². The lowest BCUT2D eigenvalue weighted by Gasteiger charge is -2.27. The minimum atomic E-state index is -2.85. The van der Waals surface area contributed by atoms with Gasteiger partial charge in [0.1, 0.15) is 0 Å². The summed E-state index contributed by atoms with van der Waals surface area (Å²) in [6.45, 7) is 4.14. The highest BCUT2D eigenvalue weighted by molar-refractivity contribution is 6.01. The zero-order valence-corrected chi connectivity index (χ0v) is 14.2. The van der Waals surface area contributed by atoms with Crippen LogP contribution in [0.4, 0.5) is 8.78 Å². The predicted molar refractivity (Wildman–Crippen MR) is 87.0 cm³/mol. The number of rotatable bonds is 7. The Morgan fingerprint density at radius 3 is 2.38 bits per heavy atom. The van der Waals surface area contributed by atoms with Gasteiger partial charge in [-0.25, -0.2) is 8.78 Å². The van der Waals surface area contributed by atoms with Gasteiger partial charge in [0.2, 0.25) is 5.92 Å². The van der Waals surface area contributed by atoms with Crippen molar-refractivity contribution in [1.29, 1.82) is 0 Å². The van der Waals surface area contributed by atoms with Crippen molar-refractivity contribution in [3.05, 3.63) is 35.9 Å². The van der Waals surface area contributed by atoms with Crippen LogP contribution >= 0.6 is 0 Å². The van der Waals surface area contributed by atoms with Crippen LogP contribution in [-0.2, 0) is 9.53 Å². The van der Waals surface area contributed by atoms with Crippen LogP contribution in [0.1, 0.15) is 56.3 Å². The Morgan fingerprint density at radius 2 is 1.83 bits per heavy atom. The number of benzene rings is 1. The molecule has 24 heavy (non-hydrogen) atoms. The van der Waals surface area contributed by atoms with E-state index in [9.17, 15) is 18.4 Å². The summed E-state index contributed by atoms with van der Waals surface area (Å²) in [6.07, 6.45) is -0.613. The van der Waals surface area contributed by atoms with E-state index in [0.717, 1.165) is 0 Å². The minimum absolute atomic E-state index is 0.0125. The molecule has 0 amide bonds. The summed E-state index contributed by atoms with van der Waals surface area (Å²) in [7, 11) is 0. The molecule has 2 rings (SSSR count). The quantitative estimate of drug-likeness (QED) is 0.537. The summed E-state index contributed by atoms with van der Waals surface area (Å²) in [5.41, 5.74) is -0.757. The lowest BCUT2D eigenvalue weighted by atomic mass is 9.75. The van der Waals surface area contributed by atoms with E-state index in [4.69, 9.17) is 4.74 Å². The first-order chi connectivity index (χ1) is 11.2. The van der Waals surface area contributed by atoms with Gasteiger partial charge in [-0.3, -0.25) is 9.59 Å². The molecule has 1 fully saturated rings. The molecule has 1 unspecified atom stereocenters. The second-order valence-electron chi connectivity index (χ2n) is 7.09. The third-order valence-corrected chi connectivity index (χ3v) is 4.47. The molecule has 0 bridgehead atoms. The first-order valence-electron chi connectivity index (χ1n) is 8.37. The van der Waals surface area contributed by atoms with Gasteiger partial charge in [0, 0.05) is 30.2 Å². The average molecular weight is 338 g/mol. The molecular formula is C19H24F2O3. The second-order valence-corrected chi connectivity index (χ2v) is 7.09. The summed E-state index contributed by atoms with van der Waals surface area (Å²) < 4.78 is 32.8. The van der Waals surface area contributed by atoms with E-state index in [1.165, 1.54) is 0 Å². The van der Waals surface area contributed by atoms with E-state index in [0.29, 0.717) is 12.2 Å². The monoisotopic (exact) mass is 338 g/mol. The van der Waals surface area contributed by atoms with Crippen LogP contribution in [0.15, 0.2) is 30.3 Å². The number of alkyl halides is 2. The second kappa shape index (κ2) is 7.41. The van der Waals surface area contributed by atoms with Crippen LogP contribution < -0.4 is 0 Å². The Labute approximate surface area is 141 Å². The van der Waals surface area contributed by atoms with E-state index in [1.807, 2.05) is 13.8 Å². The number of carbonyl (C=O) groups is 2. The average Bonchev–Trinajstić information content (AvgIpc) is 2.87. The lowest BCUT2D eigenvalue weighted by Crippen LogP contribution is -2.31.